The van der Waals surface area contributed by atoms with E-state index in [4.69, 9.17) is 18.9 Å². The average molecular weight is 468 g/mol. The number of methoxy groups -OCH3 is 1. The molecular formula is C24H25N3O5S. The number of carbonyl (C=O) groups is 1. The molecule has 0 saturated heterocycles. The Balaban J connectivity index is 1.34. The minimum absolute atomic E-state index is 0.0473. The maximum absolute atomic E-state index is 12.8. The number of nitrogens with zero attached hydrogens (tertiary/aromatic N) is 3. The highest BCUT2D eigenvalue weighted by Crippen LogP contribution is 2.41. The first-order valence-electron chi connectivity index (χ1n) is 10.9. The molecule has 2 aliphatic heterocycles. The van der Waals surface area contributed by atoms with Crippen molar-refractivity contribution in [2.45, 2.75) is 24.4 Å². The number of aryl methyl sites for hydroxylation is 1. The maximum Gasteiger partial charge on any atom is 0.191 e. The number of ether oxygens (including phenoxy) is 4. The van der Waals surface area contributed by atoms with Gasteiger partial charge in [0.2, 0.25) is 0 Å². The van der Waals surface area contributed by atoms with Crippen LogP contribution in [0.4, 0.5) is 0 Å². The first kappa shape index (κ1) is 21.6. The molecule has 9 heteroatoms. The Hall–Kier alpha value is -3.20. The number of hydrogen-bond donors (Lipinski definition) is 0. The number of rotatable bonds is 6. The Labute approximate surface area is 196 Å². The van der Waals surface area contributed by atoms with E-state index in [9.17, 15) is 4.79 Å². The van der Waals surface area contributed by atoms with Crippen molar-refractivity contribution in [2.75, 3.05) is 32.7 Å². The van der Waals surface area contributed by atoms with Gasteiger partial charge >= 0.3 is 0 Å². The molecule has 0 fully saturated rings. The van der Waals surface area contributed by atoms with Gasteiger partial charge in [0, 0.05) is 25.1 Å². The predicted molar refractivity (Wildman–Crippen MR) is 124 cm³/mol. The molecule has 0 bridgehead atoms. The molecule has 3 heterocycles. The fourth-order valence-electron chi connectivity index (χ4n) is 3.96. The van der Waals surface area contributed by atoms with Crippen LogP contribution in [0.25, 0.3) is 11.4 Å². The van der Waals surface area contributed by atoms with Crippen LogP contribution in [0.15, 0.2) is 35.5 Å². The van der Waals surface area contributed by atoms with E-state index in [1.807, 2.05) is 41.9 Å². The van der Waals surface area contributed by atoms with E-state index in [0.717, 1.165) is 42.7 Å². The van der Waals surface area contributed by atoms with Crippen molar-refractivity contribution < 1.29 is 23.7 Å². The predicted octanol–water partition coefficient (Wildman–Crippen LogP) is 3.95. The fourth-order valence-corrected chi connectivity index (χ4v) is 4.76. The number of hydrogen-bond acceptors (Lipinski definition) is 8. The van der Waals surface area contributed by atoms with E-state index in [0.29, 0.717) is 47.0 Å². The lowest BCUT2D eigenvalue weighted by Gasteiger charge is -2.17. The molecule has 0 radical (unpaired) electrons. The third-order valence-corrected chi connectivity index (χ3v) is 6.73. The molecule has 3 aromatic rings. The van der Waals surface area contributed by atoms with Gasteiger partial charge in [-0.3, -0.25) is 4.79 Å². The highest BCUT2D eigenvalue weighted by Gasteiger charge is 2.22. The summed E-state index contributed by atoms with van der Waals surface area (Å²) in [7, 11) is 3.48. The molecule has 0 amide bonds. The Kier molecular flexibility index (Phi) is 6.13. The van der Waals surface area contributed by atoms with Crippen LogP contribution in [-0.4, -0.2) is 53.2 Å². The largest absolute Gasteiger partial charge is 0.496 e. The number of fused-ring (bicyclic) bond motifs is 2. The van der Waals surface area contributed by atoms with Gasteiger partial charge in [-0.25, -0.2) is 0 Å². The van der Waals surface area contributed by atoms with Gasteiger partial charge < -0.3 is 23.5 Å². The number of Topliss-reactive ketones (excluding diaryl/α,β-unsaturated/α-hetero) is 1. The number of thioether (sulfide) groups is 1. The summed E-state index contributed by atoms with van der Waals surface area (Å²) >= 11 is 1.36. The van der Waals surface area contributed by atoms with E-state index < -0.39 is 0 Å². The number of benzene rings is 2. The number of carbonyl (C=O) groups excluding carboxylic acids is 1. The molecule has 8 nitrogen and oxygen atoms in total. The Bertz CT molecular complexity index is 1190. The van der Waals surface area contributed by atoms with Crippen LogP contribution in [0.3, 0.4) is 0 Å². The second-order valence-electron chi connectivity index (χ2n) is 7.90. The lowest BCUT2D eigenvalue weighted by molar-refractivity contribution is 0.102. The van der Waals surface area contributed by atoms with E-state index in [1.54, 1.807) is 7.11 Å². The van der Waals surface area contributed by atoms with Crippen LogP contribution in [0.1, 0.15) is 28.8 Å². The molecule has 0 atom stereocenters. The second kappa shape index (κ2) is 9.35. The lowest BCUT2D eigenvalue weighted by atomic mass is 10.0. The normalized spacial score (nSPS) is 14.7. The molecule has 0 aliphatic carbocycles. The monoisotopic (exact) mass is 467 g/mol. The number of aromatic nitrogens is 3. The molecule has 172 valence electrons. The van der Waals surface area contributed by atoms with Crippen molar-refractivity contribution in [3.05, 3.63) is 41.5 Å². The highest BCUT2D eigenvalue weighted by atomic mass is 32.2. The van der Waals surface area contributed by atoms with Crippen LogP contribution in [-0.2, 0) is 13.5 Å². The van der Waals surface area contributed by atoms with Crippen molar-refractivity contribution in [1.82, 2.24) is 14.8 Å². The Morgan fingerprint density at radius 2 is 1.79 bits per heavy atom. The van der Waals surface area contributed by atoms with Gasteiger partial charge in [0.05, 0.1) is 38.2 Å². The zero-order valence-electron chi connectivity index (χ0n) is 18.6. The first-order chi connectivity index (χ1) is 16.1. The Morgan fingerprint density at radius 3 is 2.61 bits per heavy atom. The van der Waals surface area contributed by atoms with Crippen LogP contribution >= 0.6 is 11.8 Å². The molecular weight excluding hydrogens is 442 g/mol. The fraction of sp³-hybridized carbons (Fsp3) is 0.375. The summed E-state index contributed by atoms with van der Waals surface area (Å²) < 4.78 is 24.7. The van der Waals surface area contributed by atoms with Gasteiger partial charge in [-0.1, -0.05) is 11.8 Å². The third kappa shape index (κ3) is 4.37. The smallest absolute Gasteiger partial charge is 0.191 e. The quantitative estimate of drug-likeness (QED) is 0.398. The number of ketones is 1. The van der Waals surface area contributed by atoms with Crippen molar-refractivity contribution >= 4 is 17.5 Å². The minimum atomic E-state index is 0.0473. The van der Waals surface area contributed by atoms with Crippen molar-refractivity contribution in [1.29, 1.82) is 0 Å². The maximum atomic E-state index is 12.8. The van der Waals surface area contributed by atoms with Crippen molar-refractivity contribution in [2.24, 2.45) is 7.05 Å². The molecule has 0 unspecified atom stereocenters. The molecule has 0 N–H and O–H groups in total. The summed E-state index contributed by atoms with van der Waals surface area (Å²) in [4.78, 5) is 12.8. The standard InChI is InChI=1S/C24H25N3O5S/c1-27-23(17-12-21-22(13-20(17)29-2)32-10-4-9-31-21)25-26-24(27)33-14-18(28)15-6-7-19-16(11-15)5-3-8-30-19/h6-7,11-13H,3-5,8-10,14H2,1-2H3. The summed E-state index contributed by atoms with van der Waals surface area (Å²) in [5, 5.41) is 9.32. The van der Waals surface area contributed by atoms with Gasteiger partial charge in [0.25, 0.3) is 0 Å². The average Bonchev–Trinajstić information content (AvgIpc) is 3.06. The van der Waals surface area contributed by atoms with Crippen LogP contribution in [0, 0.1) is 0 Å². The van der Waals surface area contributed by atoms with Gasteiger partial charge in [-0.05, 0) is 42.7 Å². The van der Waals surface area contributed by atoms with E-state index >= 15 is 0 Å². The summed E-state index contributed by atoms with van der Waals surface area (Å²) in [6, 6.07) is 9.36. The van der Waals surface area contributed by atoms with Gasteiger partial charge in [-0.15, -0.1) is 10.2 Å². The molecule has 1 aromatic heterocycles. The topological polar surface area (TPSA) is 84.7 Å². The lowest BCUT2D eigenvalue weighted by Crippen LogP contribution is -2.10. The molecule has 0 spiro atoms. The molecule has 2 aromatic carbocycles. The van der Waals surface area contributed by atoms with Gasteiger partial charge in [0.1, 0.15) is 11.5 Å². The third-order valence-electron chi connectivity index (χ3n) is 5.71. The van der Waals surface area contributed by atoms with Crippen molar-refractivity contribution in [3.8, 4) is 34.4 Å². The van der Waals surface area contributed by atoms with E-state index in [2.05, 4.69) is 10.2 Å². The summed E-state index contributed by atoms with van der Waals surface area (Å²) in [6.07, 6.45) is 2.74. The van der Waals surface area contributed by atoms with Gasteiger partial charge in [0.15, 0.2) is 28.3 Å². The highest BCUT2D eigenvalue weighted by molar-refractivity contribution is 7.99. The molecule has 2 aliphatic rings. The zero-order chi connectivity index (χ0) is 22.8. The van der Waals surface area contributed by atoms with Gasteiger partial charge in [-0.2, -0.15) is 0 Å². The minimum Gasteiger partial charge on any atom is -0.496 e. The van der Waals surface area contributed by atoms with Crippen LogP contribution in [0.2, 0.25) is 0 Å². The van der Waals surface area contributed by atoms with E-state index in [-0.39, 0.29) is 11.5 Å². The molecule has 33 heavy (non-hydrogen) atoms. The van der Waals surface area contributed by atoms with E-state index in [1.165, 1.54) is 11.8 Å². The molecule has 0 saturated carbocycles. The van der Waals surface area contributed by atoms with Crippen molar-refractivity contribution in [3.63, 3.8) is 0 Å². The van der Waals surface area contributed by atoms with Crippen LogP contribution in [0.5, 0.6) is 23.0 Å². The summed E-state index contributed by atoms with van der Waals surface area (Å²) in [5.41, 5.74) is 2.54. The first-order valence-corrected chi connectivity index (χ1v) is 11.9. The summed E-state index contributed by atoms with van der Waals surface area (Å²) in [6.45, 7) is 1.93. The molecule has 5 rings (SSSR count). The zero-order valence-corrected chi connectivity index (χ0v) is 19.4. The summed E-state index contributed by atoms with van der Waals surface area (Å²) in [5.74, 6) is 3.77. The Morgan fingerprint density at radius 1 is 1.03 bits per heavy atom. The SMILES string of the molecule is COc1cc2c(cc1-c1nnc(SCC(=O)c3ccc4c(c3)CCCO4)n1C)OCCCO2. The second-order valence-corrected chi connectivity index (χ2v) is 8.84. The van der Waals surface area contributed by atoms with Crippen LogP contribution < -0.4 is 18.9 Å².